The van der Waals surface area contributed by atoms with Crippen LogP contribution < -0.4 is 5.73 Å². The highest BCUT2D eigenvalue weighted by atomic mass is 16.5. The molecule has 0 aromatic carbocycles. The number of ether oxygens (including phenoxy) is 1. The van der Waals surface area contributed by atoms with Gasteiger partial charge in [0.15, 0.2) is 0 Å². The normalized spacial score (nSPS) is 12.5. The summed E-state index contributed by atoms with van der Waals surface area (Å²) in [4.78, 5) is 0. The Kier molecular flexibility index (Phi) is 6.14. The van der Waals surface area contributed by atoms with E-state index in [1.165, 1.54) is 0 Å². The van der Waals surface area contributed by atoms with Crippen LogP contribution >= 0.6 is 0 Å². The van der Waals surface area contributed by atoms with Gasteiger partial charge in [0, 0.05) is 6.61 Å². The molecule has 1 atom stereocenters. The third-order valence-corrected chi connectivity index (χ3v) is 1.15. The van der Waals surface area contributed by atoms with Crippen molar-refractivity contribution in [2.45, 2.75) is 25.9 Å². The Morgan fingerprint density at radius 1 is 1.60 bits per heavy atom. The van der Waals surface area contributed by atoms with Gasteiger partial charge in [-0.25, -0.2) is 0 Å². The molecule has 0 aromatic rings. The minimum absolute atomic E-state index is 0.280. The molecule has 0 rings (SSSR count). The fourth-order valence-corrected chi connectivity index (χ4v) is 0.544. The first-order chi connectivity index (χ1) is 4.81. The largest absolute Gasteiger partial charge is 0.364 e. The molecule has 0 aliphatic rings. The number of nitriles is 1. The van der Waals surface area contributed by atoms with Crippen LogP contribution in [-0.4, -0.2) is 19.3 Å². The lowest BCUT2D eigenvalue weighted by Gasteiger charge is -2.03. The van der Waals surface area contributed by atoms with Crippen molar-refractivity contribution in [3.8, 4) is 6.07 Å². The van der Waals surface area contributed by atoms with Crippen LogP contribution in [0.4, 0.5) is 0 Å². The lowest BCUT2D eigenvalue weighted by molar-refractivity contribution is 0.0993. The lowest BCUT2D eigenvalue weighted by Crippen LogP contribution is -2.07. The summed E-state index contributed by atoms with van der Waals surface area (Å²) in [5, 5.41) is 8.29. The third kappa shape index (κ3) is 5.54. The van der Waals surface area contributed by atoms with E-state index in [4.69, 9.17) is 15.7 Å². The van der Waals surface area contributed by atoms with Gasteiger partial charge in [-0.3, -0.25) is 0 Å². The first-order valence-corrected chi connectivity index (χ1v) is 3.52. The molecule has 3 heteroatoms. The highest BCUT2D eigenvalue weighted by Gasteiger charge is 1.96. The van der Waals surface area contributed by atoms with E-state index in [2.05, 4.69) is 0 Å². The van der Waals surface area contributed by atoms with Crippen LogP contribution in [0, 0.1) is 11.3 Å². The predicted molar refractivity (Wildman–Crippen MR) is 39.3 cm³/mol. The summed E-state index contributed by atoms with van der Waals surface area (Å²) in [5.41, 5.74) is 5.26. The van der Waals surface area contributed by atoms with Gasteiger partial charge in [-0.15, -0.1) is 0 Å². The summed E-state index contributed by atoms with van der Waals surface area (Å²) in [7, 11) is 0. The van der Waals surface area contributed by atoms with Crippen LogP contribution in [0.3, 0.4) is 0 Å². The standard InChI is InChI=1S/C7H14N2O/c1-7(6-9)10-5-3-2-4-8/h7H,2-5,8H2,1H3. The number of hydrogen-bond donors (Lipinski definition) is 1. The average Bonchev–Trinajstić information content (AvgIpc) is 1.98. The van der Waals surface area contributed by atoms with Crippen molar-refractivity contribution in [1.29, 1.82) is 5.26 Å². The number of nitrogens with zero attached hydrogens (tertiary/aromatic N) is 1. The quantitative estimate of drug-likeness (QED) is 0.573. The Morgan fingerprint density at radius 3 is 2.80 bits per heavy atom. The van der Waals surface area contributed by atoms with Crippen LogP contribution in [0.1, 0.15) is 19.8 Å². The molecule has 3 nitrogen and oxygen atoms in total. The SMILES string of the molecule is CC(C#N)OCCCCN. The van der Waals surface area contributed by atoms with E-state index in [-0.39, 0.29) is 6.10 Å². The highest BCUT2D eigenvalue weighted by molar-refractivity contribution is 4.78. The fourth-order valence-electron chi connectivity index (χ4n) is 0.544. The van der Waals surface area contributed by atoms with Gasteiger partial charge in [-0.2, -0.15) is 5.26 Å². The zero-order valence-corrected chi connectivity index (χ0v) is 6.34. The summed E-state index contributed by atoms with van der Waals surface area (Å²) >= 11 is 0. The second-order valence-electron chi connectivity index (χ2n) is 2.14. The topological polar surface area (TPSA) is 59.0 Å². The van der Waals surface area contributed by atoms with E-state index in [0.29, 0.717) is 13.2 Å². The van der Waals surface area contributed by atoms with Gasteiger partial charge >= 0.3 is 0 Å². The smallest absolute Gasteiger partial charge is 0.141 e. The van der Waals surface area contributed by atoms with E-state index >= 15 is 0 Å². The number of nitrogens with two attached hydrogens (primary N) is 1. The molecule has 2 N–H and O–H groups in total. The van der Waals surface area contributed by atoms with E-state index < -0.39 is 0 Å². The van der Waals surface area contributed by atoms with Crippen LogP contribution in [0.15, 0.2) is 0 Å². The van der Waals surface area contributed by atoms with Gasteiger partial charge in [0.1, 0.15) is 6.10 Å². The Bertz CT molecular complexity index is 109. The number of unbranched alkanes of at least 4 members (excludes halogenated alkanes) is 1. The summed E-state index contributed by atoms with van der Waals surface area (Å²) < 4.78 is 5.08. The first kappa shape index (κ1) is 9.41. The molecule has 0 amide bonds. The lowest BCUT2D eigenvalue weighted by atomic mass is 10.3. The molecular weight excluding hydrogens is 128 g/mol. The van der Waals surface area contributed by atoms with Crippen molar-refractivity contribution in [3.63, 3.8) is 0 Å². The Hall–Kier alpha value is -0.590. The fraction of sp³-hybridized carbons (Fsp3) is 0.857. The molecule has 0 heterocycles. The Morgan fingerprint density at radius 2 is 2.30 bits per heavy atom. The van der Waals surface area contributed by atoms with E-state index in [1.807, 2.05) is 6.07 Å². The second-order valence-corrected chi connectivity index (χ2v) is 2.14. The Balaban J connectivity index is 2.98. The van der Waals surface area contributed by atoms with Crippen molar-refractivity contribution in [3.05, 3.63) is 0 Å². The highest BCUT2D eigenvalue weighted by Crippen LogP contribution is 1.92. The zero-order chi connectivity index (χ0) is 7.82. The maximum atomic E-state index is 8.29. The maximum Gasteiger partial charge on any atom is 0.141 e. The zero-order valence-electron chi connectivity index (χ0n) is 6.34. The summed E-state index contributed by atoms with van der Waals surface area (Å²) in [5.74, 6) is 0. The van der Waals surface area contributed by atoms with Crippen LogP contribution in [0.25, 0.3) is 0 Å². The Labute approximate surface area is 61.8 Å². The van der Waals surface area contributed by atoms with E-state index in [0.717, 1.165) is 12.8 Å². The molecule has 58 valence electrons. The number of hydrogen-bond acceptors (Lipinski definition) is 3. The summed E-state index contributed by atoms with van der Waals surface area (Å²) in [6, 6.07) is 1.99. The number of rotatable bonds is 5. The van der Waals surface area contributed by atoms with E-state index in [9.17, 15) is 0 Å². The average molecular weight is 142 g/mol. The van der Waals surface area contributed by atoms with Gasteiger partial charge in [0.05, 0.1) is 6.07 Å². The monoisotopic (exact) mass is 142 g/mol. The molecule has 0 spiro atoms. The van der Waals surface area contributed by atoms with Crippen molar-refractivity contribution in [2.75, 3.05) is 13.2 Å². The first-order valence-electron chi connectivity index (χ1n) is 3.52. The van der Waals surface area contributed by atoms with Crippen molar-refractivity contribution in [2.24, 2.45) is 5.73 Å². The van der Waals surface area contributed by atoms with Crippen molar-refractivity contribution < 1.29 is 4.74 Å². The van der Waals surface area contributed by atoms with Crippen LogP contribution in [0.2, 0.25) is 0 Å². The second kappa shape index (κ2) is 6.53. The molecule has 0 bridgehead atoms. The van der Waals surface area contributed by atoms with Crippen LogP contribution in [0.5, 0.6) is 0 Å². The molecule has 0 saturated heterocycles. The minimum Gasteiger partial charge on any atom is -0.364 e. The van der Waals surface area contributed by atoms with Gasteiger partial charge < -0.3 is 10.5 Å². The molecule has 0 radical (unpaired) electrons. The summed E-state index contributed by atoms with van der Waals surface area (Å²) in [6.45, 7) is 3.08. The molecule has 0 aromatic heterocycles. The van der Waals surface area contributed by atoms with Gasteiger partial charge in [-0.05, 0) is 26.3 Å². The molecule has 0 aliphatic carbocycles. The van der Waals surface area contributed by atoms with E-state index in [1.54, 1.807) is 6.92 Å². The molecular formula is C7H14N2O. The van der Waals surface area contributed by atoms with Gasteiger partial charge in [0.25, 0.3) is 0 Å². The third-order valence-electron chi connectivity index (χ3n) is 1.15. The molecule has 1 unspecified atom stereocenters. The van der Waals surface area contributed by atoms with Crippen molar-refractivity contribution in [1.82, 2.24) is 0 Å². The van der Waals surface area contributed by atoms with Gasteiger partial charge in [0.2, 0.25) is 0 Å². The molecule has 0 saturated carbocycles. The van der Waals surface area contributed by atoms with Crippen molar-refractivity contribution >= 4 is 0 Å². The minimum atomic E-state index is -0.280. The summed E-state index contributed by atoms with van der Waals surface area (Å²) in [6.07, 6.45) is 1.64. The molecule has 0 aliphatic heterocycles. The maximum absolute atomic E-state index is 8.29. The molecule has 10 heavy (non-hydrogen) atoms. The molecule has 0 fully saturated rings. The van der Waals surface area contributed by atoms with Gasteiger partial charge in [-0.1, -0.05) is 0 Å². The van der Waals surface area contributed by atoms with Crippen LogP contribution in [-0.2, 0) is 4.74 Å². The predicted octanol–water partition coefficient (Wildman–Crippen LogP) is 0.654.